The third-order valence-corrected chi connectivity index (χ3v) is 2.85. The maximum atomic E-state index is 13.2. The number of hydrogen-bond acceptors (Lipinski definition) is 2. The molecule has 0 aromatic heterocycles. The smallest absolute Gasteiger partial charge is 0.138 e. The second kappa shape index (κ2) is 5.12. The van der Waals surface area contributed by atoms with Gasteiger partial charge in [-0.1, -0.05) is 13.3 Å². The second-order valence-corrected chi connectivity index (χ2v) is 4.03. The molecule has 0 saturated carbocycles. The van der Waals surface area contributed by atoms with E-state index < -0.39 is 0 Å². The highest BCUT2D eigenvalue weighted by Crippen LogP contribution is 2.24. The van der Waals surface area contributed by atoms with Gasteiger partial charge in [0, 0.05) is 10.6 Å². The van der Waals surface area contributed by atoms with E-state index in [1.54, 1.807) is 23.9 Å². The summed E-state index contributed by atoms with van der Waals surface area (Å²) in [6.07, 6.45) is 2.26. The summed E-state index contributed by atoms with van der Waals surface area (Å²) < 4.78 is 13.2. The molecule has 0 radical (unpaired) electrons. The number of thioether (sulfide) groups is 1. The normalized spacial score (nSPS) is 10.3. The first-order valence-corrected chi connectivity index (χ1v) is 5.40. The predicted octanol–water partition coefficient (Wildman–Crippen LogP) is 3.30. The Balaban J connectivity index is 2.56. The first-order valence-electron chi connectivity index (χ1n) is 4.42. The van der Waals surface area contributed by atoms with E-state index in [9.17, 15) is 4.39 Å². The van der Waals surface area contributed by atoms with Crippen molar-refractivity contribution in [2.45, 2.75) is 24.7 Å². The molecule has 0 aliphatic carbocycles. The zero-order chi connectivity index (χ0) is 9.68. The van der Waals surface area contributed by atoms with E-state index in [-0.39, 0.29) is 5.82 Å². The summed E-state index contributed by atoms with van der Waals surface area (Å²) in [5.74, 6) is 0.762. The maximum Gasteiger partial charge on any atom is 0.138 e. The van der Waals surface area contributed by atoms with Crippen LogP contribution in [0.2, 0.25) is 0 Å². The van der Waals surface area contributed by atoms with Gasteiger partial charge in [0.15, 0.2) is 0 Å². The third kappa shape index (κ3) is 3.27. The summed E-state index contributed by atoms with van der Waals surface area (Å²) in [4.78, 5) is 0.697. The van der Waals surface area contributed by atoms with E-state index in [4.69, 9.17) is 5.73 Å². The van der Waals surface area contributed by atoms with Gasteiger partial charge in [0.2, 0.25) is 0 Å². The molecule has 1 aromatic rings. The highest BCUT2D eigenvalue weighted by atomic mass is 32.2. The summed E-state index contributed by atoms with van der Waals surface area (Å²) in [5.41, 5.74) is 5.92. The molecular formula is C10H14FNS. The zero-order valence-electron chi connectivity index (χ0n) is 7.72. The van der Waals surface area contributed by atoms with Gasteiger partial charge in [0.1, 0.15) is 5.82 Å². The molecule has 0 saturated heterocycles. The molecule has 13 heavy (non-hydrogen) atoms. The van der Waals surface area contributed by atoms with E-state index in [0.717, 1.165) is 18.6 Å². The van der Waals surface area contributed by atoms with Gasteiger partial charge < -0.3 is 5.73 Å². The highest BCUT2D eigenvalue weighted by Gasteiger charge is 2.01. The predicted molar refractivity (Wildman–Crippen MR) is 56.4 cm³/mol. The van der Waals surface area contributed by atoms with Crippen LogP contribution in [0.25, 0.3) is 0 Å². The summed E-state index contributed by atoms with van der Waals surface area (Å²) >= 11 is 1.55. The van der Waals surface area contributed by atoms with E-state index in [0.29, 0.717) is 10.6 Å². The molecule has 0 bridgehead atoms. The molecule has 0 aliphatic rings. The molecule has 0 amide bonds. The average Bonchev–Trinajstić information content (AvgIpc) is 2.09. The van der Waals surface area contributed by atoms with Gasteiger partial charge in [-0.2, -0.15) is 0 Å². The first kappa shape index (κ1) is 10.4. The largest absolute Gasteiger partial charge is 0.399 e. The van der Waals surface area contributed by atoms with Crippen LogP contribution in [-0.4, -0.2) is 5.75 Å². The Morgan fingerprint density at radius 2 is 2.23 bits per heavy atom. The quantitative estimate of drug-likeness (QED) is 0.457. The monoisotopic (exact) mass is 199 g/mol. The Kier molecular flexibility index (Phi) is 4.09. The number of rotatable bonds is 4. The van der Waals surface area contributed by atoms with Crippen LogP contribution in [0.3, 0.4) is 0 Å². The van der Waals surface area contributed by atoms with Crippen molar-refractivity contribution in [2.75, 3.05) is 11.5 Å². The number of hydrogen-bond donors (Lipinski definition) is 1. The van der Waals surface area contributed by atoms with Crippen LogP contribution in [0.15, 0.2) is 23.1 Å². The minimum Gasteiger partial charge on any atom is -0.399 e. The molecular weight excluding hydrogens is 185 g/mol. The lowest BCUT2D eigenvalue weighted by Gasteiger charge is -2.02. The SMILES string of the molecule is CCCCSc1ccc(N)cc1F. The van der Waals surface area contributed by atoms with Crippen LogP contribution >= 0.6 is 11.8 Å². The van der Waals surface area contributed by atoms with Crippen molar-refractivity contribution in [1.29, 1.82) is 0 Å². The van der Waals surface area contributed by atoms with Gasteiger partial charge in [-0.3, -0.25) is 0 Å². The first-order chi connectivity index (χ1) is 6.24. The molecule has 0 atom stereocenters. The lowest BCUT2D eigenvalue weighted by Crippen LogP contribution is -1.88. The Morgan fingerprint density at radius 1 is 1.46 bits per heavy atom. The molecule has 0 unspecified atom stereocenters. The Morgan fingerprint density at radius 3 is 2.85 bits per heavy atom. The van der Waals surface area contributed by atoms with Gasteiger partial charge in [-0.05, 0) is 30.4 Å². The van der Waals surface area contributed by atoms with E-state index in [1.165, 1.54) is 6.07 Å². The maximum absolute atomic E-state index is 13.2. The molecule has 3 heteroatoms. The Hall–Kier alpha value is -0.700. The van der Waals surface area contributed by atoms with Crippen LogP contribution in [0.4, 0.5) is 10.1 Å². The summed E-state index contributed by atoms with van der Waals surface area (Å²) in [6.45, 7) is 2.12. The second-order valence-electron chi connectivity index (χ2n) is 2.89. The number of nitrogens with two attached hydrogens (primary N) is 1. The van der Waals surface area contributed by atoms with Crippen molar-refractivity contribution in [2.24, 2.45) is 0 Å². The minimum atomic E-state index is -0.207. The fourth-order valence-corrected chi connectivity index (χ4v) is 1.97. The topological polar surface area (TPSA) is 26.0 Å². The van der Waals surface area contributed by atoms with E-state index in [2.05, 4.69) is 6.92 Å². The van der Waals surface area contributed by atoms with Gasteiger partial charge in [0.25, 0.3) is 0 Å². The summed E-state index contributed by atoms with van der Waals surface area (Å²) in [7, 11) is 0. The minimum absolute atomic E-state index is 0.207. The van der Waals surface area contributed by atoms with Gasteiger partial charge in [-0.15, -0.1) is 11.8 Å². The molecule has 1 rings (SSSR count). The van der Waals surface area contributed by atoms with Gasteiger partial charge in [0.05, 0.1) is 0 Å². The van der Waals surface area contributed by atoms with Crippen LogP contribution in [-0.2, 0) is 0 Å². The van der Waals surface area contributed by atoms with E-state index in [1.807, 2.05) is 0 Å². The molecule has 1 nitrogen and oxygen atoms in total. The fraction of sp³-hybridized carbons (Fsp3) is 0.400. The molecule has 0 spiro atoms. The van der Waals surface area contributed by atoms with Crippen LogP contribution in [0.5, 0.6) is 0 Å². The molecule has 72 valence electrons. The molecule has 0 fully saturated rings. The number of unbranched alkanes of at least 4 members (excludes halogenated alkanes) is 1. The highest BCUT2D eigenvalue weighted by molar-refractivity contribution is 7.99. The van der Waals surface area contributed by atoms with Gasteiger partial charge >= 0.3 is 0 Å². The van der Waals surface area contributed by atoms with Crippen molar-refractivity contribution in [3.63, 3.8) is 0 Å². The zero-order valence-corrected chi connectivity index (χ0v) is 8.53. The van der Waals surface area contributed by atoms with Gasteiger partial charge in [-0.25, -0.2) is 4.39 Å². The lowest BCUT2D eigenvalue weighted by atomic mass is 10.3. The van der Waals surface area contributed by atoms with Crippen LogP contribution in [0, 0.1) is 5.82 Å². The number of anilines is 1. The number of benzene rings is 1. The Labute approximate surface area is 82.5 Å². The molecule has 1 aromatic carbocycles. The Bertz CT molecular complexity index is 276. The van der Waals surface area contributed by atoms with E-state index >= 15 is 0 Å². The summed E-state index contributed by atoms with van der Waals surface area (Å²) in [6, 6.07) is 4.84. The fourth-order valence-electron chi connectivity index (χ4n) is 0.961. The molecule has 0 heterocycles. The number of nitrogen functional groups attached to an aromatic ring is 1. The lowest BCUT2D eigenvalue weighted by molar-refractivity contribution is 0.602. The molecule has 2 N–H and O–H groups in total. The van der Waals surface area contributed by atoms with Crippen molar-refractivity contribution in [3.05, 3.63) is 24.0 Å². The summed E-state index contributed by atoms with van der Waals surface area (Å²) in [5, 5.41) is 0. The van der Waals surface area contributed by atoms with Crippen molar-refractivity contribution < 1.29 is 4.39 Å². The van der Waals surface area contributed by atoms with Crippen LogP contribution in [0.1, 0.15) is 19.8 Å². The number of halogens is 1. The van der Waals surface area contributed by atoms with Crippen molar-refractivity contribution >= 4 is 17.4 Å². The van der Waals surface area contributed by atoms with Crippen molar-refractivity contribution in [1.82, 2.24) is 0 Å². The van der Waals surface area contributed by atoms with Crippen LogP contribution < -0.4 is 5.73 Å². The standard InChI is InChI=1S/C10H14FNS/c1-2-3-6-13-10-5-4-8(12)7-9(10)11/h4-5,7H,2-3,6,12H2,1H3. The van der Waals surface area contributed by atoms with Crippen molar-refractivity contribution in [3.8, 4) is 0 Å². The average molecular weight is 199 g/mol. The molecule has 0 aliphatic heterocycles. The third-order valence-electron chi connectivity index (χ3n) is 1.71.